The highest BCUT2D eigenvalue weighted by atomic mass is 16.5. The third-order valence-electron chi connectivity index (χ3n) is 8.50. The van der Waals surface area contributed by atoms with Crippen molar-refractivity contribution in [3.05, 3.63) is 84.2 Å². The molecule has 9 nitrogen and oxygen atoms in total. The molecule has 2 bridgehead atoms. The van der Waals surface area contributed by atoms with Crippen LogP contribution in [0.25, 0.3) is 21.8 Å². The fourth-order valence-electron chi connectivity index (χ4n) is 7.01. The number of rotatable bonds is 4. The fraction of sp³-hybridized carbons (Fsp3) is 0.323. The Labute approximate surface area is 231 Å². The molecular weight excluding hydrogens is 508 g/mol. The minimum Gasteiger partial charge on any atom is -0.468 e. The second kappa shape index (κ2) is 9.46. The number of Topliss-reactive ketones (excluding diaryl/α,β-unsaturated/α-hetero) is 1. The molecule has 0 amide bonds. The molecule has 6 rings (SSSR count). The van der Waals surface area contributed by atoms with Gasteiger partial charge in [-0.2, -0.15) is 0 Å². The number of nitrogens with zero attached hydrogens (tertiary/aromatic N) is 4. The Bertz CT molecular complexity index is 1550. The molecular formula is C31H30N4O5. The smallest absolute Gasteiger partial charge is 0.322 e. The van der Waals surface area contributed by atoms with Crippen LogP contribution in [0.3, 0.4) is 0 Å². The summed E-state index contributed by atoms with van der Waals surface area (Å²) in [6, 6.07) is 21.2. The van der Waals surface area contributed by atoms with Crippen LogP contribution in [0.5, 0.6) is 0 Å². The zero-order valence-electron chi connectivity index (χ0n) is 22.8. The Morgan fingerprint density at radius 3 is 1.57 bits per heavy atom. The first-order valence-electron chi connectivity index (χ1n) is 13.1. The molecule has 4 atom stereocenters. The van der Waals surface area contributed by atoms with Gasteiger partial charge in [-0.05, 0) is 38.4 Å². The van der Waals surface area contributed by atoms with Crippen LogP contribution < -0.4 is 0 Å². The molecule has 2 fully saturated rings. The largest absolute Gasteiger partial charge is 0.468 e. The first-order chi connectivity index (χ1) is 19.3. The van der Waals surface area contributed by atoms with Crippen LogP contribution in [-0.4, -0.2) is 78.9 Å². The maximum Gasteiger partial charge on any atom is 0.322 e. The van der Waals surface area contributed by atoms with Gasteiger partial charge >= 0.3 is 11.9 Å². The third-order valence-corrected chi connectivity index (χ3v) is 8.50. The van der Waals surface area contributed by atoms with Crippen molar-refractivity contribution in [1.82, 2.24) is 19.8 Å². The Hall–Kier alpha value is -4.21. The van der Waals surface area contributed by atoms with Crippen molar-refractivity contribution < 1.29 is 23.9 Å². The molecule has 0 radical (unpaired) electrons. The summed E-state index contributed by atoms with van der Waals surface area (Å²) in [5, 5.41) is 1.86. The minimum absolute atomic E-state index is 0.0542. The lowest BCUT2D eigenvalue weighted by atomic mass is 9.54. The first kappa shape index (κ1) is 26.0. The molecule has 2 aromatic heterocycles. The van der Waals surface area contributed by atoms with Crippen LogP contribution in [0, 0.1) is 10.8 Å². The lowest BCUT2D eigenvalue weighted by molar-refractivity contribution is -0.202. The molecule has 4 heterocycles. The normalized spacial score (nSPS) is 27.1. The lowest BCUT2D eigenvalue weighted by Gasteiger charge is -2.60. The Kier molecular flexibility index (Phi) is 6.16. The summed E-state index contributed by atoms with van der Waals surface area (Å²) < 4.78 is 10.6. The Morgan fingerprint density at radius 1 is 0.725 bits per heavy atom. The van der Waals surface area contributed by atoms with Gasteiger partial charge in [0.15, 0.2) is 16.6 Å². The molecule has 2 aliphatic rings. The SMILES string of the molecule is COC(=O)[C@]12CN(C)C[C@](C(=O)OC)(C1=O)[C@@H](c1ccc3ccccc3n1)N(C)[C@H]2c1ccc2ccccc2n1. The van der Waals surface area contributed by atoms with E-state index in [4.69, 9.17) is 19.4 Å². The zero-order valence-corrected chi connectivity index (χ0v) is 22.8. The summed E-state index contributed by atoms with van der Waals surface area (Å²) in [5.74, 6) is -1.96. The lowest BCUT2D eigenvalue weighted by Crippen LogP contribution is -2.75. The van der Waals surface area contributed by atoms with E-state index in [1.54, 1.807) is 7.05 Å². The number of likely N-dealkylation sites (tertiary alicyclic amines) is 2. The number of benzene rings is 2. The maximum absolute atomic E-state index is 14.9. The summed E-state index contributed by atoms with van der Waals surface area (Å²) >= 11 is 0. The highest BCUT2D eigenvalue weighted by Crippen LogP contribution is 2.60. The van der Waals surface area contributed by atoms with E-state index in [2.05, 4.69) is 0 Å². The maximum atomic E-state index is 14.9. The van der Waals surface area contributed by atoms with E-state index in [0.29, 0.717) is 11.4 Å². The van der Waals surface area contributed by atoms with Crippen molar-refractivity contribution in [3.63, 3.8) is 0 Å². The quantitative estimate of drug-likeness (QED) is 0.286. The van der Waals surface area contributed by atoms with E-state index in [0.717, 1.165) is 21.8 Å². The van der Waals surface area contributed by atoms with Gasteiger partial charge in [0.25, 0.3) is 0 Å². The molecule has 204 valence electrons. The predicted molar refractivity (Wildman–Crippen MR) is 148 cm³/mol. The number of para-hydroxylation sites is 2. The molecule has 0 unspecified atom stereocenters. The van der Waals surface area contributed by atoms with Gasteiger partial charge < -0.3 is 14.4 Å². The summed E-state index contributed by atoms with van der Waals surface area (Å²) in [7, 11) is 6.14. The molecule has 2 aromatic carbocycles. The highest BCUT2D eigenvalue weighted by Gasteiger charge is 2.75. The number of carbonyl (C=O) groups is 3. The highest BCUT2D eigenvalue weighted by molar-refractivity contribution is 6.17. The van der Waals surface area contributed by atoms with Crippen LogP contribution in [0.15, 0.2) is 72.8 Å². The summed E-state index contributed by atoms with van der Waals surface area (Å²) in [4.78, 5) is 56.2. The monoisotopic (exact) mass is 538 g/mol. The molecule has 0 spiro atoms. The molecule has 0 aliphatic carbocycles. The molecule has 40 heavy (non-hydrogen) atoms. The number of pyridine rings is 2. The van der Waals surface area contributed by atoms with Crippen LogP contribution >= 0.6 is 0 Å². The third kappa shape index (κ3) is 3.51. The van der Waals surface area contributed by atoms with Gasteiger partial charge in [0, 0.05) is 23.9 Å². The molecule has 2 saturated heterocycles. The fourth-order valence-corrected chi connectivity index (χ4v) is 7.01. The van der Waals surface area contributed by atoms with Crippen molar-refractivity contribution in [3.8, 4) is 0 Å². The summed E-state index contributed by atoms with van der Waals surface area (Å²) in [6.45, 7) is 0.108. The molecule has 0 N–H and O–H groups in total. The predicted octanol–water partition coefficient (Wildman–Crippen LogP) is 3.34. The van der Waals surface area contributed by atoms with Crippen LogP contribution in [0.2, 0.25) is 0 Å². The van der Waals surface area contributed by atoms with Crippen molar-refractivity contribution >= 4 is 39.5 Å². The number of ether oxygens (including phenoxy) is 2. The van der Waals surface area contributed by atoms with E-state index in [1.165, 1.54) is 14.2 Å². The van der Waals surface area contributed by atoms with Crippen LogP contribution in [-0.2, 0) is 23.9 Å². The van der Waals surface area contributed by atoms with Gasteiger partial charge in [0.05, 0.1) is 48.7 Å². The average molecular weight is 539 g/mol. The van der Waals surface area contributed by atoms with Crippen molar-refractivity contribution in [1.29, 1.82) is 0 Å². The van der Waals surface area contributed by atoms with Crippen molar-refractivity contribution in [2.75, 3.05) is 41.4 Å². The van der Waals surface area contributed by atoms with Gasteiger partial charge in [-0.1, -0.05) is 48.5 Å². The first-order valence-corrected chi connectivity index (χ1v) is 13.1. The molecule has 4 aromatic rings. The van der Waals surface area contributed by atoms with Gasteiger partial charge in [0.1, 0.15) is 0 Å². The second-order valence-electron chi connectivity index (χ2n) is 10.8. The number of fused-ring (bicyclic) bond motifs is 4. The molecule has 0 saturated carbocycles. The summed E-state index contributed by atoms with van der Waals surface area (Å²) in [5.41, 5.74) is -0.967. The topological polar surface area (TPSA) is 102 Å². The van der Waals surface area contributed by atoms with Gasteiger partial charge in [-0.3, -0.25) is 29.3 Å². The number of carbonyl (C=O) groups excluding carboxylic acids is 3. The number of hydrogen-bond acceptors (Lipinski definition) is 9. The van der Waals surface area contributed by atoms with E-state index in [-0.39, 0.29) is 13.1 Å². The average Bonchev–Trinajstić information content (AvgIpc) is 2.97. The Balaban J connectivity index is 1.66. The number of ketones is 1. The minimum atomic E-state index is -1.74. The van der Waals surface area contributed by atoms with Crippen LogP contribution in [0.4, 0.5) is 0 Å². The van der Waals surface area contributed by atoms with E-state index < -0.39 is 40.6 Å². The zero-order chi connectivity index (χ0) is 28.2. The van der Waals surface area contributed by atoms with Crippen molar-refractivity contribution in [2.45, 2.75) is 12.1 Å². The summed E-state index contributed by atoms with van der Waals surface area (Å²) in [6.07, 6.45) is 0. The molecule has 9 heteroatoms. The van der Waals surface area contributed by atoms with Crippen LogP contribution in [0.1, 0.15) is 23.5 Å². The van der Waals surface area contributed by atoms with E-state index in [1.807, 2.05) is 89.6 Å². The van der Waals surface area contributed by atoms with E-state index >= 15 is 0 Å². The Morgan fingerprint density at radius 2 is 1.15 bits per heavy atom. The van der Waals surface area contributed by atoms with Crippen molar-refractivity contribution in [2.24, 2.45) is 10.8 Å². The van der Waals surface area contributed by atoms with E-state index in [9.17, 15) is 14.4 Å². The van der Waals surface area contributed by atoms with Gasteiger partial charge in [0.2, 0.25) is 0 Å². The standard InChI is InChI=1S/C31H30N4O5/c1-34-17-30(28(37)39-3)25(23-15-13-19-9-5-7-11-21(19)32-23)35(2)26(31(18-34,27(30)36)29(38)40-4)24-16-14-20-10-6-8-12-22(20)33-24/h5-16,25-26H,17-18H2,1-4H3/t25-,26+,30-,31+. The van der Waals surface area contributed by atoms with Gasteiger partial charge in [-0.25, -0.2) is 0 Å². The second-order valence-corrected chi connectivity index (χ2v) is 10.8. The molecule has 2 aliphatic heterocycles. The van der Waals surface area contributed by atoms with Gasteiger partial charge in [-0.15, -0.1) is 0 Å². The number of methoxy groups -OCH3 is 2. The number of hydrogen-bond donors (Lipinski definition) is 0. The number of esters is 2. The number of piperidine rings is 2. The number of aromatic nitrogens is 2.